The fourth-order valence-corrected chi connectivity index (χ4v) is 12.8. The zero-order chi connectivity index (χ0) is 48.8. The van der Waals surface area contributed by atoms with Crippen molar-refractivity contribution in [3.63, 3.8) is 0 Å². The molecule has 0 unspecified atom stereocenters. The Hall–Kier alpha value is -7.02. The molecule has 10 aromatic carbocycles. The molecule has 0 aromatic heterocycles. The van der Waals surface area contributed by atoms with Crippen LogP contribution in [-0.4, -0.2) is 0 Å². The van der Waals surface area contributed by atoms with Crippen LogP contribution < -0.4 is 0 Å². The highest BCUT2D eigenvalue weighted by atomic mass is 14.3. The van der Waals surface area contributed by atoms with Gasteiger partial charge < -0.3 is 0 Å². The fourth-order valence-electron chi connectivity index (χ4n) is 12.8. The summed E-state index contributed by atoms with van der Waals surface area (Å²) in [7, 11) is 0. The second kappa shape index (κ2) is 15.2. The van der Waals surface area contributed by atoms with Crippen LogP contribution in [0.4, 0.5) is 0 Å². The smallest absolute Gasteiger partial charge is 0.000730 e. The van der Waals surface area contributed by atoms with E-state index in [9.17, 15) is 0 Å². The van der Waals surface area contributed by atoms with Gasteiger partial charge in [-0.05, 0) is 162 Å². The van der Waals surface area contributed by atoms with Crippen LogP contribution in [0.15, 0.2) is 170 Å². The van der Waals surface area contributed by atoms with Crippen LogP contribution in [0.3, 0.4) is 0 Å². The summed E-state index contributed by atoms with van der Waals surface area (Å²) in [5.41, 5.74) is 15.7. The van der Waals surface area contributed by atoms with E-state index in [4.69, 9.17) is 0 Å². The first kappa shape index (κ1) is 44.2. The van der Waals surface area contributed by atoms with Gasteiger partial charge in [0.2, 0.25) is 0 Å². The predicted octanol–water partition coefficient (Wildman–Crippen LogP) is 18.8. The maximum Gasteiger partial charge on any atom is -0.000730 e. The van der Waals surface area contributed by atoms with Crippen molar-refractivity contribution in [2.45, 2.75) is 105 Å². The van der Waals surface area contributed by atoms with Crippen molar-refractivity contribution >= 4 is 32.3 Å². The van der Waals surface area contributed by atoms with E-state index in [2.05, 4.69) is 253 Å². The predicted molar refractivity (Wildman–Crippen MR) is 299 cm³/mol. The second-order valence-electron chi connectivity index (χ2n) is 24.3. The molecule has 0 heterocycles. The molecule has 0 spiro atoms. The average Bonchev–Trinajstić information content (AvgIpc) is 3.83. The molecule has 0 amide bonds. The lowest BCUT2D eigenvalue weighted by Crippen LogP contribution is -2.13. The van der Waals surface area contributed by atoms with E-state index in [1.54, 1.807) is 0 Å². The minimum absolute atomic E-state index is 0.0774. The molecule has 10 aromatic rings. The lowest BCUT2D eigenvalue weighted by Gasteiger charge is -2.26. The SMILES string of the molecule is CC(C)(C)c1ccccc1-c1c2c(c(-c3ccccc3C(C)(C)C)c3ccccc13)=c1ccc3c4c(ccc=2c14)=c1c(-c2ccccc2C(C)(C)C)c2ccccc2c(-c2ccccc2C(C)(C)C)c1=3. The molecule has 2 aliphatic rings. The molecule has 0 saturated carbocycles. The minimum Gasteiger partial charge on any atom is -0.0619 e. The fraction of sp³-hybridized carbons (Fsp3) is 0.229. The maximum atomic E-state index is 2.51. The summed E-state index contributed by atoms with van der Waals surface area (Å²) in [5.74, 6) is 0. The molecule has 0 fully saturated rings. The Morgan fingerprint density at radius 2 is 0.400 bits per heavy atom. The van der Waals surface area contributed by atoms with Gasteiger partial charge in [-0.3, -0.25) is 0 Å². The molecule has 12 rings (SSSR count). The first-order valence-corrected chi connectivity index (χ1v) is 25.5. The molecule has 0 nitrogen and oxygen atoms in total. The number of rotatable bonds is 4. The number of hydrogen-bond donors (Lipinski definition) is 0. The molecule has 0 heteroatoms. The third kappa shape index (κ3) is 6.41. The Kier molecular flexibility index (Phi) is 9.62. The van der Waals surface area contributed by atoms with Gasteiger partial charge in [0.05, 0.1) is 0 Å². The molecular weight excluding hydrogens is 841 g/mol. The molecule has 0 N–H and O–H groups in total. The highest BCUT2D eigenvalue weighted by Crippen LogP contribution is 2.49. The summed E-state index contributed by atoms with van der Waals surface area (Å²) in [4.78, 5) is 0. The molecule has 0 bridgehead atoms. The Labute approximate surface area is 413 Å². The van der Waals surface area contributed by atoms with Gasteiger partial charge in [-0.15, -0.1) is 0 Å². The summed E-state index contributed by atoms with van der Waals surface area (Å²) in [6.45, 7) is 28.4. The molecule has 344 valence electrons. The number of fused-ring (bicyclic) bond motifs is 4. The van der Waals surface area contributed by atoms with Crippen molar-refractivity contribution in [2.75, 3.05) is 0 Å². The zero-order valence-electron chi connectivity index (χ0n) is 43.2. The Morgan fingerprint density at radius 1 is 0.214 bits per heavy atom. The van der Waals surface area contributed by atoms with Gasteiger partial charge in [-0.1, -0.05) is 253 Å². The standard InChI is InChI=1S/C70H64/c1-67(2,3)53-33-21-17-29-45(53)57-41-25-13-14-26-42(41)58(46-30-18-22-34-54(46)68(4,5)6)64-50-39-40-52-62-51(38-37-49(61(50)62)63(57)64)65-59(47-31-19-23-35-55(47)69(7,8)9)43-27-15-16-28-44(43)60(66(52)65)48-32-20-24-36-56(48)70(10,11)12/h13-40H,1-12H3. The van der Waals surface area contributed by atoms with E-state index < -0.39 is 0 Å². The van der Waals surface area contributed by atoms with Crippen molar-refractivity contribution in [1.29, 1.82) is 0 Å². The van der Waals surface area contributed by atoms with E-state index >= 15 is 0 Å². The van der Waals surface area contributed by atoms with Gasteiger partial charge in [0.1, 0.15) is 0 Å². The summed E-state index contributed by atoms with van der Waals surface area (Å²) in [6.07, 6.45) is 0. The van der Waals surface area contributed by atoms with E-state index in [1.165, 1.54) is 141 Å². The quantitative estimate of drug-likeness (QED) is 0.165. The molecule has 0 aliphatic heterocycles. The van der Waals surface area contributed by atoms with Gasteiger partial charge in [0.15, 0.2) is 0 Å². The molecule has 0 radical (unpaired) electrons. The Morgan fingerprint density at radius 3 is 0.600 bits per heavy atom. The highest BCUT2D eigenvalue weighted by molar-refractivity contribution is 6.10. The summed E-state index contributed by atoms with van der Waals surface area (Å²) < 4.78 is 0. The normalized spacial score (nSPS) is 13.1. The van der Waals surface area contributed by atoms with Crippen molar-refractivity contribution in [3.8, 4) is 44.5 Å². The van der Waals surface area contributed by atoms with Gasteiger partial charge in [-0.2, -0.15) is 0 Å². The van der Waals surface area contributed by atoms with Crippen LogP contribution in [0.2, 0.25) is 0 Å². The topological polar surface area (TPSA) is 0 Å². The summed E-state index contributed by atoms with van der Waals surface area (Å²) >= 11 is 0. The lowest BCUT2D eigenvalue weighted by atomic mass is 9.77. The molecule has 0 saturated heterocycles. The van der Waals surface area contributed by atoms with Gasteiger partial charge in [0.25, 0.3) is 0 Å². The van der Waals surface area contributed by atoms with E-state index in [0.717, 1.165) is 0 Å². The monoisotopic (exact) mass is 905 g/mol. The van der Waals surface area contributed by atoms with Gasteiger partial charge in [0, 0.05) is 0 Å². The van der Waals surface area contributed by atoms with Crippen LogP contribution in [0, 0.1) is 41.7 Å². The van der Waals surface area contributed by atoms with E-state index in [1.807, 2.05) is 0 Å². The number of benzene rings is 10. The molecule has 70 heavy (non-hydrogen) atoms. The van der Waals surface area contributed by atoms with Crippen LogP contribution >= 0.6 is 0 Å². The van der Waals surface area contributed by atoms with Crippen LogP contribution in [0.1, 0.15) is 105 Å². The third-order valence-corrected chi connectivity index (χ3v) is 15.7. The van der Waals surface area contributed by atoms with Crippen molar-refractivity contribution < 1.29 is 0 Å². The van der Waals surface area contributed by atoms with Crippen molar-refractivity contribution in [1.82, 2.24) is 0 Å². The van der Waals surface area contributed by atoms with Gasteiger partial charge >= 0.3 is 0 Å². The molecular formula is C70H64. The Bertz CT molecular complexity index is 3750. The van der Waals surface area contributed by atoms with E-state index in [-0.39, 0.29) is 21.7 Å². The molecule has 0 atom stereocenters. The minimum atomic E-state index is -0.0774. The van der Waals surface area contributed by atoms with Crippen LogP contribution in [-0.2, 0) is 21.7 Å². The largest absolute Gasteiger partial charge is 0.0619 e. The summed E-state index contributed by atoms with van der Waals surface area (Å²) in [6, 6.07) is 65.5. The zero-order valence-corrected chi connectivity index (χ0v) is 43.2. The Balaban J connectivity index is 1.43. The second-order valence-corrected chi connectivity index (χ2v) is 24.3. The summed E-state index contributed by atoms with van der Waals surface area (Å²) in [5, 5.41) is 18.7. The van der Waals surface area contributed by atoms with Gasteiger partial charge in [-0.25, -0.2) is 0 Å². The first-order valence-electron chi connectivity index (χ1n) is 25.5. The van der Waals surface area contributed by atoms with Crippen molar-refractivity contribution in [3.05, 3.63) is 234 Å². The average molecular weight is 905 g/mol. The van der Waals surface area contributed by atoms with Crippen molar-refractivity contribution in [2.24, 2.45) is 0 Å². The maximum absolute atomic E-state index is 2.51. The third-order valence-electron chi connectivity index (χ3n) is 15.7. The van der Waals surface area contributed by atoms with Crippen LogP contribution in [0.25, 0.3) is 76.8 Å². The highest BCUT2D eigenvalue weighted by Gasteiger charge is 2.30. The lowest BCUT2D eigenvalue weighted by molar-refractivity contribution is 0.591. The number of hydrogen-bond acceptors (Lipinski definition) is 0. The first-order chi connectivity index (χ1) is 33.4. The van der Waals surface area contributed by atoms with E-state index in [0.29, 0.717) is 0 Å². The molecule has 2 aliphatic carbocycles. The van der Waals surface area contributed by atoms with Crippen LogP contribution in [0.5, 0.6) is 0 Å².